The van der Waals surface area contributed by atoms with Crippen molar-refractivity contribution in [3.63, 3.8) is 0 Å². The van der Waals surface area contributed by atoms with Gasteiger partial charge in [0.15, 0.2) is 6.10 Å². The molecule has 0 aromatic rings. The maximum Gasteiger partial charge on any atom is 0.361 e. The van der Waals surface area contributed by atoms with E-state index >= 15 is 0 Å². The zero-order chi connectivity index (χ0) is 58.3. The molecular weight excluding hydrogens is 995 g/mol. The number of allylic oxidation sites excluding steroid dienone is 22. The lowest BCUT2D eigenvalue weighted by Crippen LogP contribution is -2.40. The summed E-state index contributed by atoms with van der Waals surface area (Å²) in [5.74, 6) is -2.04. The minimum Gasteiger partial charge on any atom is -0.477 e. The van der Waals surface area contributed by atoms with E-state index in [0.29, 0.717) is 17.4 Å². The number of hydrogen-bond donors (Lipinski definition) is 1. The summed E-state index contributed by atoms with van der Waals surface area (Å²) in [7, 11) is 5.96. The van der Waals surface area contributed by atoms with Crippen molar-refractivity contribution < 1.29 is 42.9 Å². The highest BCUT2D eigenvalue weighted by Gasteiger charge is 2.25. The van der Waals surface area contributed by atoms with Crippen LogP contribution in [0.15, 0.2) is 134 Å². The number of carbonyl (C=O) groups excluding carboxylic acids is 2. The second-order valence-electron chi connectivity index (χ2n) is 22.0. The van der Waals surface area contributed by atoms with Crippen molar-refractivity contribution in [2.24, 2.45) is 0 Å². The van der Waals surface area contributed by atoms with Crippen LogP contribution in [0.4, 0.5) is 0 Å². The van der Waals surface area contributed by atoms with E-state index in [2.05, 4.69) is 148 Å². The van der Waals surface area contributed by atoms with Crippen LogP contribution in [-0.2, 0) is 33.3 Å². The van der Waals surface area contributed by atoms with Crippen molar-refractivity contribution >= 4 is 17.9 Å². The summed E-state index contributed by atoms with van der Waals surface area (Å²) in [6.07, 6.45) is 83.9. The number of carboxylic acids is 1. The molecule has 0 bridgehead atoms. The van der Waals surface area contributed by atoms with Crippen LogP contribution in [0.2, 0.25) is 0 Å². The van der Waals surface area contributed by atoms with Crippen LogP contribution in [0.3, 0.4) is 0 Å². The van der Waals surface area contributed by atoms with Crippen LogP contribution in [0.25, 0.3) is 0 Å². The Morgan fingerprint density at radius 3 is 1.07 bits per heavy atom. The lowest BCUT2D eigenvalue weighted by atomic mass is 10.1. The summed E-state index contributed by atoms with van der Waals surface area (Å²) in [5, 5.41) is 9.72. The molecule has 0 aliphatic heterocycles. The standard InChI is InChI=1S/C71H117NO8/c1-6-8-10-12-14-16-18-20-22-24-26-27-28-29-30-31-32-33-34-35-36-37-38-39-40-41-42-43-44-46-48-50-52-54-56-58-60-62-69(74)80-67(66-79-71(70(75)76)77-64-63-72(3,4)5)65-78-68(73)61-59-57-55-53-51-49-47-45-25-23-21-19-17-15-13-11-9-7-2/h8,10,14,16,20,22-23,25-27,29-30,32-33,35-36,38-39,41-42,44,46,67,71H,6-7,9,11-13,15,17-19,21,24,28,31,34,37,40,43,45,47-66H2,1-5H3/p+1/b10-8-,16-14-,22-20-,25-23-,27-26-,30-29-,33-32-,36-35-,39-38-,42-41-,46-44-. The third-order valence-electron chi connectivity index (χ3n) is 13.1. The third kappa shape index (κ3) is 61.1. The van der Waals surface area contributed by atoms with Crippen LogP contribution >= 0.6 is 0 Å². The fourth-order valence-electron chi connectivity index (χ4n) is 8.27. The quantitative estimate of drug-likeness (QED) is 0.0211. The van der Waals surface area contributed by atoms with E-state index in [1.54, 1.807) is 0 Å². The topological polar surface area (TPSA) is 108 Å². The summed E-state index contributed by atoms with van der Waals surface area (Å²) in [4.78, 5) is 37.5. The number of unbranched alkanes of at least 4 members (excludes halogenated alkanes) is 20. The van der Waals surface area contributed by atoms with E-state index in [-0.39, 0.29) is 38.6 Å². The molecule has 0 heterocycles. The molecule has 2 atom stereocenters. The number of carboxylic acid groups (broad SMARTS) is 1. The summed E-state index contributed by atoms with van der Waals surface area (Å²) >= 11 is 0. The molecule has 0 spiro atoms. The van der Waals surface area contributed by atoms with Crippen molar-refractivity contribution in [1.29, 1.82) is 0 Å². The fourth-order valence-corrected chi connectivity index (χ4v) is 8.27. The van der Waals surface area contributed by atoms with Gasteiger partial charge in [-0.15, -0.1) is 0 Å². The highest BCUT2D eigenvalue weighted by atomic mass is 16.7. The molecule has 9 nitrogen and oxygen atoms in total. The Morgan fingerprint density at radius 2 is 0.713 bits per heavy atom. The lowest BCUT2D eigenvalue weighted by Gasteiger charge is -2.25. The first-order valence-electron chi connectivity index (χ1n) is 31.8. The Kier molecular flexibility index (Phi) is 57.1. The van der Waals surface area contributed by atoms with Gasteiger partial charge in [0.25, 0.3) is 6.29 Å². The van der Waals surface area contributed by atoms with Gasteiger partial charge in [-0.2, -0.15) is 0 Å². The second-order valence-corrected chi connectivity index (χ2v) is 22.0. The van der Waals surface area contributed by atoms with Crippen LogP contribution in [0.1, 0.15) is 239 Å². The number of nitrogens with zero attached hydrogens (tertiary/aromatic N) is 1. The Bertz CT molecular complexity index is 1770. The Morgan fingerprint density at radius 1 is 0.388 bits per heavy atom. The van der Waals surface area contributed by atoms with E-state index < -0.39 is 24.3 Å². The Balaban J connectivity index is 4.25. The molecule has 0 saturated heterocycles. The molecule has 0 amide bonds. The average molecular weight is 1110 g/mol. The summed E-state index contributed by atoms with van der Waals surface area (Å²) < 4.78 is 22.9. The van der Waals surface area contributed by atoms with Crippen molar-refractivity contribution in [3.05, 3.63) is 134 Å². The second kappa shape index (κ2) is 60.5. The maximum absolute atomic E-state index is 12.9. The molecule has 454 valence electrons. The normalized spacial score (nSPS) is 13.7. The summed E-state index contributed by atoms with van der Waals surface area (Å²) in [6, 6.07) is 0. The number of carbonyl (C=O) groups is 3. The molecule has 0 radical (unpaired) electrons. The third-order valence-corrected chi connectivity index (χ3v) is 13.1. The number of rotatable bonds is 57. The number of aliphatic carboxylic acids is 1. The van der Waals surface area contributed by atoms with Crippen molar-refractivity contribution in [3.8, 4) is 0 Å². The summed E-state index contributed by atoms with van der Waals surface area (Å²) in [6.45, 7) is 4.73. The zero-order valence-electron chi connectivity index (χ0n) is 51.7. The summed E-state index contributed by atoms with van der Waals surface area (Å²) in [5.41, 5.74) is 0. The maximum atomic E-state index is 12.9. The molecule has 0 aliphatic rings. The molecule has 0 saturated carbocycles. The molecule has 0 aromatic carbocycles. The Hall–Kier alpha value is -4.57. The van der Waals surface area contributed by atoms with Gasteiger partial charge in [0.2, 0.25) is 0 Å². The van der Waals surface area contributed by atoms with Crippen LogP contribution in [0.5, 0.6) is 0 Å². The van der Waals surface area contributed by atoms with Gasteiger partial charge in [0.05, 0.1) is 34.4 Å². The molecule has 2 unspecified atom stereocenters. The highest BCUT2D eigenvalue weighted by Crippen LogP contribution is 2.15. The number of likely N-dealkylation sites (N-methyl/N-ethyl adjacent to an activating group) is 1. The van der Waals surface area contributed by atoms with Crippen molar-refractivity contribution in [1.82, 2.24) is 0 Å². The van der Waals surface area contributed by atoms with E-state index in [4.69, 9.17) is 18.9 Å². The van der Waals surface area contributed by atoms with Gasteiger partial charge < -0.3 is 28.5 Å². The Labute approximate surface area is 490 Å². The molecule has 0 rings (SSSR count). The highest BCUT2D eigenvalue weighted by molar-refractivity contribution is 5.71. The van der Waals surface area contributed by atoms with Gasteiger partial charge >= 0.3 is 17.9 Å². The first-order valence-corrected chi connectivity index (χ1v) is 31.8. The minimum atomic E-state index is -1.52. The van der Waals surface area contributed by atoms with E-state index in [0.717, 1.165) is 135 Å². The molecule has 0 aromatic heterocycles. The predicted molar refractivity (Wildman–Crippen MR) is 341 cm³/mol. The molecule has 0 fully saturated rings. The predicted octanol–water partition coefficient (Wildman–Crippen LogP) is 19.4. The molecule has 9 heteroatoms. The number of hydrogen-bond acceptors (Lipinski definition) is 7. The number of quaternary nitrogens is 1. The van der Waals surface area contributed by atoms with Crippen LogP contribution in [0, 0.1) is 0 Å². The largest absolute Gasteiger partial charge is 0.477 e. The minimum absolute atomic E-state index is 0.177. The average Bonchev–Trinajstić information content (AvgIpc) is 3.43. The lowest BCUT2D eigenvalue weighted by molar-refractivity contribution is -0.870. The zero-order valence-corrected chi connectivity index (χ0v) is 51.7. The van der Waals surface area contributed by atoms with Gasteiger partial charge in [0.1, 0.15) is 13.2 Å². The van der Waals surface area contributed by atoms with E-state index in [9.17, 15) is 19.5 Å². The molecule has 80 heavy (non-hydrogen) atoms. The van der Waals surface area contributed by atoms with Crippen LogP contribution in [-0.4, -0.2) is 87.4 Å². The van der Waals surface area contributed by atoms with Crippen molar-refractivity contribution in [2.75, 3.05) is 47.5 Å². The fraction of sp³-hybridized carbons (Fsp3) is 0.648. The van der Waals surface area contributed by atoms with Crippen molar-refractivity contribution in [2.45, 2.75) is 251 Å². The number of ether oxygens (including phenoxy) is 4. The van der Waals surface area contributed by atoms with E-state index in [1.165, 1.54) is 70.6 Å². The monoisotopic (exact) mass is 1110 g/mol. The van der Waals surface area contributed by atoms with Gasteiger partial charge in [-0.1, -0.05) is 244 Å². The first-order chi connectivity index (χ1) is 39.1. The number of esters is 2. The smallest absolute Gasteiger partial charge is 0.361 e. The van der Waals surface area contributed by atoms with Gasteiger partial charge in [0, 0.05) is 12.8 Å². The van der Waals surface area contributed by atoms with Crippen LogP contribution < -0.4 is 0 Å². The van der Waals surface area contributed by atoms with E-state index in [1.807, 2.05) is 21.1 Å². The van der Waals surface area contributed by atoms with Gasteiger partial charge in [-0.05, 0) is 116 Å². The van der Waals surface area contributed by atoms with Gasteiger partial charge in [-0.25, -0.2) is 4.79 Å². The molecular formula is C71H118NO8+. The van der Waals surface area contributed by atoms with Gasteiger partial charge in [-0.3, -0.25) is 9.59 Å². The first kappa shape index (κ1) is 75.4. The molecule has 1 N–H and O–H groups in total. The molecule has 0 aliphatic carbocycles. The SMILES string of the molecule is CC/C=C\C/C=C\C/C=C\C/C=C\C/C=C\C/C=C\C/C=C\C/C=C\C/C=C\C/C=C\CCCCCCCCC(=O)OC(COC(=O)CCCCCCCCC/C=C\CCCCCCCCC)COC(OCC[N+](C)(C)C)C(=O)O.